The van der Waals surface area contributed by atoms with Crippen molar-refractivity contribution in [3.8, 4) is 34.6 Å². The highest BCUT2D eigenvalue weighted by Gasteiger charge is 2.48. The third-order valence-electron chi connectivity index (χ3n) is 10.2. The average Bonchev–Trinajstić information content (AvgIpc) is 3.63. The number of imidazole rings is 2. The lowest BCUT2D eigenvalue weighted by molar-refractivity contribution is 0.289. The largest absolute Gasteiger partial charge is 0.480 e. The van der Waals surface area contributed by atoms with Crippen LogP contribution in [0.1, 0.15) is 39.0 Å². The number of nitrogens with zero attached hydrogens (tertiary/aromatic N) is 5. The van der Waals surface area contributed by atoms with Gasteiger partial charge in [0, 0.05) is 39.3 Å². The van der Waals surface area contributed by atoms with Gasteiger partial charge in [-0.3, -0.25) is 8.97 Å². The van der Waals surface area contributed by atoms with Crippen LogP contribution in [-0.4, -0.2) is 29.0 Å². The van der Waals surface area contributed by atoms with Crippen molar-refractivity contribution in [3.63, 3.8) is 0 Å². The Kier molecular flexibility index (Phi) is 5.32. The molecule has 1 aliphatic heterocycles. The number of aromatic nitrogens is 5. The van der Waals surface area contributed by atoms with Crippen LogP contribution < -0.4 is 4.74 Å². The molecule has 224 valence electrons. The first-order chi connectivity index (χ1) is 22.2. The fourth-order valence-corrected chi connectivity index (χ4v) is 7.27. The summed E-state index contributed by atoms with van der Waals surface area (Å²) in [5.41, 5.74) is 9.25. The molecule has 4 aromatic carbocycles. The van der Waals surface area contributed by atoms with Crippen molar-refractivity contribution in [1.29, 1.82) is 0 Å². The molecule has 0 bridgehead atoms. The molecule has 0 unspecified atom stereocenters. The van der Waals surface area contributed by atoms with E-state index in [0.29, 0.717) is 11.6 Å². The van der Waals surface area contributed by atoms with Gasteiger partial charge in [-0.1, -0.05) is 94.4 Å². The molecule has 0 aliphatic carbocycles. The lowest BCUT2D eigenvalue weighted by Crippen LogP contribution is -2.44. The van der Waals surface area contributed by atoms with Crippen molar-refractivity contribution in [1.82, 2.24) is 23.9 Å². The van der Waals surface area contributed by atoms with Gasteiger partial charge in [0.25, 0.3) is 6.01 Å². The Morgan fingerprint density at radius 3 is 2.33 bits per heavy atom. The maximum Gasteiger partial charge on any atom is 0.299 e. The van der Waals surface area contributed by atoms with E-state index in [1.165, 1.54) is 16.8 Å². The third-order valence-corrected chi connectivity index (χ3v) is 10.2. The fourth-order valence-electron chi connectivity index (χ4n) is 7.27. The molecule has 46 heavy (non-hydrogen) atoms. The monoisotopic (exact) mass is 601 g/mol. The second-order valence-electron chi connectivity index (χ2n) is 13.2. The Labute approximate surface area is 265 Å². The first-order valence-corrected chi connectivity index (χ1v) is 15.5. The minimum absolute atomic E-state index is 0.0762. The maximum absolute atomic E-state index is 10.7. The van der Waals surface area contributed by atoms with Gasteiger partial charge in [-0.2, -0.15) is 4.98 Å². The van der Waals surface area contributed by atoms with E-state index in [1.807, 2.05) is 60.7 Å². The number of hydrogen-bond donors (Lipinski definition) is 1. The predicted octanol–water partition coefficient (Wildman–Crippen LogP) is 9.11. The highest BCUT2D eigenvalue weighted by atomic mass is 16.5. The van der Waals surface area contributed by atoms with Crippen LogP contribution in [-0.2, 0) is 10.8 Å². The Hall–Kier alpha value is -5.69. The van der Waals surface area contributed by atoms with Gasteiger partial charge >= 0.3 is 0 Å². The summed E-state index contributed by atoms with van der Waals surface area (Å²) in [6, 6.07) is 36.2. The van der Waals surface area contributed by atoms with Crippen molar-refractivity contribution in [2.24, 2.45) is 0 Å². The Morgan fingerprint density at radius 2 is 1.48 bits per heavy atom. The number of ether oxygens (including phenoxy) is 1. The van der Waals surface area contributed by atoms with Gasteiger partial charge in [0.05, 0.1) is 33.6 Å². The van der Waals surface area contributed by atoms with Gasteiger partial charge in [-0.25, -0.2) is 9.97 Å². The van der Waals surface area contributed by atoms with E-state index < -0.39 is 0 Å². The molecule has 0 spiro atoms. The topological polar surface area (TPSA) is 77.5 Å². The van der Waals surface area contributed by atoms with E-state index in [1.54, 1.807) is 4.57 Å². The number of benzene rings is 4. The summed E-state index contributed by atoms with van der Waals surface area (Å²) < 4.78 is 10.5. The molecule has 4 aromatic heterocycles. The zero-order valence-corrected chi connectivity index (χ0v) is 26.0. The lowest BCUT2D eigenvalue weighted by atomic mass is 9.60. The summed E-state index contributed by atoms with van der Waals surface area (Å²) in [5, 5.41) is 12.8. The van der Waals surface area contributed by atoms with Crippen molar-refractivity contribution >= 4 is 38.5 Å². The maximum atomic E-state index is 10.7. The molecule has 1 N–H and O–H groups in total. The quantitative estimate of drug-likeness (QED) is 0.204. The Balaban J connectivity index is 1.26. The minimum Gasteiger partial charge on any atom is -0.480 e. The normalized spacial score (nSPS) is 15.0. The highest BCUT2D eigenvalue weighted by Crippen LogP contribution is 2.53. The summed E-state index contributed by atoms with van der Waals surface area (Å²) in [7, 11) is 0. The smallest absolute Gasteiger partial charge is 0.299 e. The van der Waals surface area contributed by atoms with E-state index in [2.05, 4.69) is 85.6 Å². The molecule has 0 atom stereocenters. The molecule has 7 nitrogen and oxygen atoms in total. The van der Waals surface area contributed by atoms with Gasteiger partial charge in [0.15, 0.2) is 5.65 Å². The van der Waals surface area contributed by atoms with Gasteiger partial charge in [0.1, 0.15) is 11.3 Å². The fraction of sp³-hybridized carbons (Fsp3) is 0.154. The zero-order valence-electron chi connectivity index (χ0n) is 26.0. The lowest BCUT2D eigenvalue weighted by Gasteiger charge is -2.46. The van der Waals surface area contributed by atoms with E-state index in [4.69, 9.17) is 14.7 Å². The number of fused-ring (bicyclic) bond motifs is 4. The summed E-state index contributed by atoms with van der Waals surface area (Å²) in [6.45, 7) is 9.35. The van der Waals surface area contributed by atoms with Gasteiger partial charge in [-0.15, -0.1) is 0 Å². The van der Waals surface area contributed by atoms with Crippen molar-refractivity contribution in [2.75, 3.05) is 0 Å². The summed E-state index contributed by atoms with van der Waals surface area (Å²) in [6.07, 6.45) is 0. The van der Waals surface area contributed by atoms with Crippen LogP contribution in [0, 0.1) is 0 Å². The Bertz CT molecular complexity index is 2520. The second kappa shape index (κ2) is 9.17. The number of aromatic hydroxyl groups is 1. The zero-order chi connectivity index (χ0) is 31.4. The first-order valence-electron chi connectivity index (χ1n) is 15.5. The number of para-hydroxylation sites is 3. The van der Waals surface area contributed by atoms with Crippen LogP contribution in [0.2, 0.25) is 0 Å². The summed E-state index contributed by atoms with van der Waals surface area (Å²) >= 11 is 0. The first kappa shape index (κ1) is 26.7. The summed E-state index contributed by atoms with van der Waals surface area (Å²) in [5.74, 6) is 1.06. The van der Waals surface area contributed by atoms with Crippen LogP contribution in [0.4, 0.5) is 0 Å². The third kappa shape index (κ3) is 3.51. The Morgan fingerprint density at radius 1 is 0.696 bits per heavy atom. The SMILES string of the molecule is CC1(C)c2cccc3c4ccc(Oc5cccc(-n6c(O)nc7ccccc76)c5)nc4c4nc(-c5ccccc5)c(n4c23)C1(C)C. The molecule has 8 aromatic rings. The average molecular weight is 602 g/mol. The number of rotatable bonds is 4. The standard InChI is InChI=1S/C39H31N5O2/c1-38(2)28-17-11-16-27-26-20-21-31(46-25-15-10-14-24(22-25)43-30-19-9-8-18-29(30)40-37(43)45)41-33(26)36-42-32(23-12-6-5-7-13-23)35(39(38,3)4)44(36)34(27)28/h5-22H,1-4H3,(H,40,45). The molecule has 5 heterocycles. The van der Waals surface area contributed by atoms with Crippen LogP contribution in [0.3, 0.4) is 0 Å². The van der Waals surface area contributed by atoms with Crippen molar-refractivity contribution < 1.29 is 9.84 Å². The van der Waals surface area contributed by atoms with Crippen LogP contribution in [0.25, 0.3) is 55.4 Å². The number of hydrogen-bond acceptors (Lipinski definition) is 5. The van der Waals surface area contributed by atoms with Crippen LogP contribution in [0.15, 0.2) is 109 Å². The molecule has 0 radical (unpaired) electrons. The molecular weight excluding hydrogens is 570 g/mol. The molecule has 7 heteroatoms. The van der Waals surface area contributed by atoms with Crippen LogP contribution >= 0.6 is 0 Å². The van der Waals surface area contributed by atoms with Crippen LogP contribution in [0.5, 0.6) is 17.6 Å². The number of pyridine rings is 2. The molecule has 0 fully saturated rings. The van der Waals surface area contributed by atoms with Gasteiger partial charge in [-0.05, 0) is 35.9 Å². The minimum atomic E-state index is -0.232. The van der Waals surface area contributed by atoms with Crippen molar-refractivity contribution in [2.45, 2.75) is 38.5 Å². The molecule has 9 rings (SSSR count). The van der Waals surface area contributed by atoms with E-state index in [-0.39, 0.29) is 16.8 Å². The highest BCUT2D eigenvalue weighted by molar-refractivity contribution is 6.12. The molecule has 1 aliphatic rings. The van der Waals surface area contributed by atoms with E-state index in [0.717, 1.165) is 49.9 Å². The van der Waals surface area contributed by atoms with E-state index in [9.17, 15) is 5.11 Å². The predicted molar refractivity (Wildman–Crippen MR) is 182 cm³/mol. The van der Waals surface area contributed by atoms with Crippen molar-refractivity contribution in [3.05, 3.63) is 120 Å². The van der Waals surface area contributed by atoms with E-state index >= 15 is 0 Å². The molecule has 0 amide bonds. The van der Waals surface area contributed by atoms with Gasteiger partial charge < -0.3 is 9.84 Å². The second-order valence-corrected chi connectivity index (χ2v) is 13.2. The molecular formula is C39H31N5O2. The molecule has 0 saturated heterocycles. The summed E-state index contributed by atoms with van der Waals surface area (Å²) in [4.78, 5) is 14.8. The molecule has 0 saturated carbocycles. The van der Waals surface area contributed by atoms with Gasteiger partial charge in [0.2, 0.25) is 5.88 Å².